The van der Waals surface area contributed by atoms with E-state index in [1.165, 1.54) is 6.26 Å². The summed E-state index contributed by atoms with van der Waals surface area (Å²) in [6.45, 7) is 5.02. The van der Waals surface area contributed by atoms with Gasteiger partial charge in [-0.25, -0.2) is 4.79 Å². The van der Waals surface area contributed by atoms with Gasteiger partial charge in [0, 0.05) is 13.1 Å². The maximum absolute atomic E-state index is 11.9. The van der Waals surface area contributed by atoms with Crippen molar-refractivity contribution in [1.82, 2.24) is 16.0 Å². The second-order valence-electron chi connectivity index (χ2n) is 5.36. The maximum atomic E-state index is 11.9. The van der Waals surface area contributed by atoms with E-state index in [-0.39, 0.29) is 23.7 Å². The second kappa shape index (κ2) is 9.36. The topological polar surface area (TPSA) is 92.6 Å². The van der Waals surface area contributed by atoms with Crippen LogP contribution in [0.25, 0.3) is 0 Å². The molecule has 7 heteroatoms. The lowest BCUT2D eigenvalue weighted by Gasteiger charge is -2.16. The Morgan fingerprint density at radius 3 is 2.68 bits per heavy atom. The average molecular weight is 345 g/mol. The number of urea groups is 1. The van der Waals surface area contributed by atoms with Gasteiger partial charge in [-0.3, -0.25) is 4.79 Å². The predicted octanol–water partition coefficient (Wildman–Crippen LogP) is 2.47. The summed E-state index contributed by atoms with van der Waals surface area (Å²) < 4.78 is 10.4. The van der Waals surface area contributed by atoms with Gasteiger partial charge in [0.05, 0.1) is 18.9 Å². The van der Waals surface area contributed by atoms with Crippen molar-refractivity contribution in [2.24, 2.45) is 0 Å². The summed E-state index contributed by atoms with van der Waals surface area (Å²) in [7, 11) is 0. The minimum Gasteiger partial charge on any atom is -0.494 e. The Bertz CT molecular complexity index is 685. The van der Waals surface area contributed by atoms with Crippen LogP contribution in [0.5, 0.6) is 5.75 Å². The monoisotopic (exact) mass is 345 g/mol. The Labute approximate surface area is 146 Å². The van der Waals surface area contributed by atoms with E-state index in [1.807, 2.05) is 38.1 Å². The van der Waals surface area contributed by atoms with Crippen LogP contribution in [0.4, 0.5) is 4.79 Å². The molecule has 3 N–H and O–H groups in total. The first kappa shape index (κ1) is 18.4. The van der Waals surface area contributed by atoms with E-state index >= 15 is 0 Å². The Morgan fingerprint density at radius 1 is 1.16 bits per heavy atom. The summed E-state index contributed by atoms with van der Waals surface area (Å²) in [6, 6.07) is 10.3. The van der Waals surface area contributed by atoms with Crippen LogP contribution in [0.3, 0.4) is 0 Å². The number of carbonyl (C=O) groups is 2. The summed E-state index contributed by atoms with van der Waals surface area (Å²) in [4.78, 5) is 23.6. The van der Waals surface area contributed by atoms with E-state index in [0.29, 0.717) is 19.7 Å². The van der Waals surface area contributed by atoms with Crippen LogP contribution in [-0.4, -0.2) is 31.6 Å². The number of hydrogen-bond acceptors (Lipinski definition) is 4. The molecule has 0 bridgehead atoms. The van der Waals surface area contributed by atoms with E-state index in [2.05, 4.69) is 16.0 Å². The molecule has 0 saturated carbocycles. The quantitative estimate of drug-likeness (QED) is 0.641. The van der Waals surface area contributed by atoms with Gasteiger partial charge in [0.25, 0.3) is 5.91 Å². The van der Waals surface area contributed by atoms with Gasteiger partial charge in [0.2, 0.25) is 0 Å². The van der Waals surface area contributed by atoms with Gasteiger partial charge in [-0.05, 0) is 43.7 Å². The molecule has 0 aliphatic heterocycles. The maximum Gasteiger partial charge on any atom is 0.315 e. The summed E-state index contributed by atoms with van der Waals surface area (Å²) >= 11 is 0. The molecular formula is C18H23N3O4. The zero-order valence-corrected chi connectivity index (χ0v) is 14.4. The molecule has 0 radical (unpaired) electrons. The second-order valence-corrected chi connectivity index (χ2v) is 5.36. The van der Waals surface area contributed by atoms with Gasteiger partial charge in [0.1, 0.15) is 5.75 Å². The molecular weight excluding hydrogens is 322 g/mol. The highest BCUT2D eigenvalue weighted by Gasteiger charge is 2.11. The standard InChI is InChI=1S/C18H23N3O4/c1-3-24-15-7-4-6-14(12-15)13(2)21-18(23)20-10-9-19-17(22)16-8-5-11-25-16/h4-8,11-13H,3,9-10H2,1-2H3,(H,19,22)(H2,20,21,23). The molecule has 3 amide bonds. The zero-order chi connectivity index (χ0) is 18.1. The third kappa shape index (κ3) is 5.87. The minimum absolute atomic E-state index is 0.168. The zero-order valence-electron chi connectivity index (χ0n) is 14.4. The smallest absolute Gasteiger partial charge is 0.315 e. The lowest BCUT2D eigenvalue weighted by molar-refractivity contribution is 0.0926. The molecule has 2 rings (SSSR count). The van der Waals surface area contributed by atoms with Crippen molar-refractivity contribution in [3.8, 4) is 5.75 Å². The molecule has 0 fully saturated rings. The summed E-state index contributed by atoms with van der Waals surface area (Å²) in [6.07, 6.45) is 1.43. The highest BCUT2D eigenvalue weighted by atomic mass is 16.5. The minimum atomic E-state index is -0.312. The van der Waals surface area contributed by atoms with E-state index in [9.17, 15) is 9.59 Å². The largest absolute Gasteiger partial charge is 0.494 e. The van der Waals surface area contributed by atoms with Crippen LogP contribution in [-0.2, 0) is 0 Å². The number of amides is 3. The molecule has 134 valence electrons. The first-order valence-electron chi connectivity index (χ1n) is 8.19. The van der Waals surface area contributed by atoms with Crippen molar-refractivity contribution in [1.29, 1.82) is 0 Å². The number of furan rings is 1. The van der Waals surface area contributed by atoms with Crippen molar-refractivity contribution in [3.63, 3.8) is 0 Å². The fourth-order valence-electron chi connectivity index (χ4n) is 2.22. The fraction of sp³-hybridized carbons (Fsp3) is 0.333. The lowest BCUT2D eigenvalue weighted by atomic mass is 10.1. The Balaban J connectivity index is 1.70. The average Bonchev–Trinajstić information content (AvgIpc) is 3.14. The van der Waals surface area contributed by atoms with Crippen LogP contribution >= 0.6 is 0 Å². The molecule has 7 nitrogen and oxygen atoms in total. The van der Waals surface area contributed by atoms with E-state index in [1.54, 1.807) is 12.1 Å². The predicted molar refractivity (Wildman–Crippen MR) is 93.6 cm³/mol. The first-order valence-corrected chi connectivity index (χ1v) is 8.19. The molecule has 1 atom stereocenters. The van der Waals surface area contributed by atoms with Crippen LogP contribution in [0.2, 0.25) is 0 Å². The Hall–Kier alpha value is -2.96. The highest BCUT2D eigenvalue weighted by molar-refractivity contribution is 5.91. The van der Waals surface area contributed by atoms with Crippen molar-refractivity contribution in [2.75, 3.05) is 19.7 Å². The number of benzene rings is 1. The van der Waals surface area contributed by atoms with Gasteiger partial charge in [-0.2, -0.15) is 0 Å². The fourth-order valence-corrected chi connectivity index (χ4v) is 2.22. The molecule has 1 heterocycles. The van der Waals surface area contributed by atoms with Gasteiger partial charge < -0.3 is 25.1 Å². The number of hydrogen-bond donors (Lipinski definition) is 3. The van der Waals surface area contributed by atoms with Gasteiger partial charge in [0.15, 0.2) is 5.76 Å². The van der Waals surface area contributed by atoms with Crippen LogP contribution in [0.1, 0.15) is 36.0 Å². The Morgan fingerprint density at radius 2 is 1.96 bits per heavy atom. The van der Waals surface area contributed by atoms with Crippen molar-refractivity contribution >= 4 is 11.9 Å². The third-order valence-corrected chi connectivity index (χ3v) is 3.46. The van der Waals surface area contributed by atoms with E-state index < -0.39 is 0 Å². The molecule has 1 unspecified atom stereocenters. The number of rotatable bonds is 8. The van der Waals surface area contributed by atoms with Crippen LogP contribution in [0.15, 0.2) is 47.1 Å². The van der Waals surface area contributed by atoms with Gasteiger partial charge >= 0.3 is 6.03 Å². The van der Waals surface area contributed by atoms with Crippen LogP contribution < -0.4 is 20.7 Å². The SMILES string of the molecule is CCOc1cccc(C(C)NC(=O)NCCNC(=O)c2ccco2)c1. The number of carbonyl (C=O) groups excluding carboxylic acids is 2. The molecule has 1 aromatic carbocycles. The van der Waals surface area contributed by atoms with E-state index in [0.717, 1.165) is 11.3 Å². The Kier molecular flexibility index (Phi) is 6.88. The number of ether oxygens (including phenoxy) is 1. The molecule has 2 aromatic rings. The van der Waals surface area contributed by atoms with Crippen LogP contribution in [0, 0.1) is 0 Å². The molecule has 0 spiro atoms. The summed E-state index contributed by atoms with van der Waals surface area (Å²) in [5, 5.41) is 8.20. The summed E-state index contributed by atoms with van der Waals surface area (Å²) in [5.41, 5.74) is 0.951. The van der Waals surface area contributed by atoms with Gasteiger partial charge in [-0.1, -0.05) is 12.1 Å². The van der Waals surface area contributed by atoms with Crippen molar-refractivity contribution in [2.45, 2.75) is 19.9 Å². The van der Waals surface area contributed by atoms with Gasteiger partial charge in [-0.15, -0.1) is 0 Å². The normalized spacial score (nSPS) is 11.4. The molecule has 0 saturated heterocycles. The van der Waals surface area contributed by atoms with Crippen molar-refractivity contribution < 1.29 is 18.7 Å². The third-order valence-electron chi connectivity index (χ3n) is 3.46. The summed E-state index contributed by atoms with van der Waals surface area (Å²) in [5.74, 6) is 0.704. The lowest BCUT2D eigenvalue weighted by Crippen LogP contribution is -2.41. The highest BCUT2D eigenvalue weighted by Crippen LogP contribution is 2.18. The number of nitrogens with one attached hydrogen (secondary N) is 3. The first-order chi connectivity index (χ1) is 12.1. The van der Waals surface area contributed by atoms with Crippen molar-refractivity contribution in [3.05, 3.63) is 54.0 Å². The van der Waals surface area contributed by atoms with E-state index in [4.69, 9.17) is 9.15 Å². The molecule has 1 aromatic heterocycles. The molecule has 25 heavy (non-hydrogen) atoms. The molecule has 0 aliphatic rings. The molecule has 0 aliphatic carbocycles.